The Kier molecular flexibility index (Phi) is 3.25. The molecule has 1 aromatic carbocycles. The van der Waals surface area contributed by atoms with Crippen molar-refractivity contribution in [3.05, 3.63) is 35.4 Å². The standard InChI is InChI=1S/C13H18N2O/c1-9-5-3-4-6-12(9)10(2)15-13(16)11-7-14-8-11/h3-6,10-11,14H,7-8H2,1-2H3,(H,15,16)/t10-/m0/s1. The largest absolute Gasteiger partial charge is 0.349 e. The fourth-order valence-corrected chi connectivity index (χ4v) is 1.96. The van der Waals surface area contributed by atoms with Crippen molar-refractivity contribution in [1.82, 2.24) is 10.6 Å². The summed E-state index contributed by atoms with van der Waals surface area (Å²) in [7, 11) is 0. The van der Waals surface area contributed by atoms with E-state index in [1.165, 1.54) is 11.1 Å². The highest BCUT2D eigenvalue weighted by Crippen LogP contribution is 2.17. The molecule has 2 N–H and O–H groups in total. The predicted octanol–water partition coefficient (Wildman–Crippen LogP) is 1.39. The minimum absolute atomic E-state index is 0.0919. The highest BCUT2D eigenvalue weighted by Gasteiger charge is 2.25. The lowest BCUT2D eigenvalue weighted by Crippen LogP contribution is -2.51. The maximum atomic E-state index is 11.8. The van der Waals surface area contributed by atoms with Crippen LogP contribution in [0.2, 0.25) is 0 Å². The maximum Gasteiger partial charge on any atom is 0.226 e. The molecule has 86 valence electrons. The van der Waals surface area contributed by atoms with Crippen LogP contribution in [0.4, 0.5) is 0 Å². The van der Waals surface area contributed by atoms with Crippen molar-refractivity contribution in [3.8, 4) is 0 Å². The summed E-state index contributed by atoms with van der Waals surface area (Å²) in [5.74, 6) is 0.320. The molecule has 3 heteroatoms. The molecule has 3 nitrogen and oxygen atoms in total. The summed E-state index contributed by atoms with van der Waals surface area (Å²) in [6, 6.07) is 8.26. The molecule has 0 unspecified atom stereocenters. The molecule has 1 aromatic rings. The molecular weight excluding hydrogens is 200 g/mol. The van der Waals surface area contributed by atoms with E-state index < -0.39 is 0 Å². The number of rotatable bonds is 3. The molecule has 1 saturated heterocycles. The third-order valence-corrected chi connectivity index (χ3v) is 3.17. The van der Waals surface area contributed by atoms with Gasteiger partial charge in [-0.2, -0.15) is 0 Å². The summed E-state index contributed by atoms with van der Waals surface area (Å²) in [5.41, 5.74) is 2.42. The lowest BCUT2D eigenvalue weighted by molar-refractivity contribution is -0.127. The van der Waals surface area contributed by atoms with E-state index >= 15 is 0 Å². The monoisotopic (exact) mass is 218 g/mol. The van der Waals surface area contributed by atoms with Gasteiger partial charge in [0, 0.05) is 13.1 Å². The van der Waals surface area contributed by atoms with E-state index in [9.17, 15) is 4.79 Å². The van der Waals surface area contributed by atoms with E-state index in [0.29, 0.717) is 0 Å². The molecule has 16 heavy (non-hydrogen) atoms. The first-order chi connectivity index (χ1) is 7.68. The molecular formula is C13H18N2O. The van der Waals surface area contributed by atoms with Crippen LogP contribution in [0.3, 0.4) is 0 Å². The molecule has 0 radical (unpaired) electrons. The first kappa shape index (κ1) is 11.1. The highest BCUT2D eigenvalue weighted by atomic mass is 16.2. The fourth-order valence-electron chi connectivity index (χ4n) is 1.96. The van der Waals surface area contributed by atoms with Gasteiger partial charge in [-0.3, -0.25) is 4.79 Å². The molecule has 1 heterocycles. The summed E-state index contributed by atoms with van der Waals surface area (Å²) in [4.78, 5) is 11.8. The van der Waals surface area contributed by atoms with Gasteiger partial charge >= 0.3 is 0 Å². The third kappa shape index (κ3) is 2.25. The van der Waals surface area contributed by atoms with Crippen LogP contribution >= 0.6 is 0 Å². The van der Waals surface area contributed by atoms with E-state index in [1.807, 2.05) is 19.1 Å². The van der Waals surface area contributed by atoms with Crippen molar-refractivity contribution < 1.29 is 4.79 Å². The summed E-state index contributed by atoms with van der Waals surface area (Å²) >= 11 is 0. The molecule has 0 spiro atoms. The van der Waals surface area contributed by atoms with Crippen LogP contribution in [0, 0.1) is 12.8 Å². The van der Waals surface area contributed by atoms with Gasteiger partial charge in [0.05, 0.1) is 12.0 Å². The lowest BCUT2D eigenvalue weighted by Gasteiger charge is -2.28. The molecule has 2 rings (SSSR count). The van der Waals surface area contributed by atoms with Gasteiger partial charge in [0.25, 0.3) is 0 Å². The molecule has 1 fully saturated rings. The van der Waals surface area contributed by atoms with Crippen LogP contribution in [0.1, 0.15) is 24.1 Å². The van der Waals surface area contributed by atoms with Gasteiger partial charge in [-0.1, -0.05) is 24.3 Å². The molecule has 1 atom stereocenters. The molecule has 0 aromatic heterocycles. The van der Waals surface area contributed by atoms with Gasteiger partial charge in [-0.05, 0) is 25.0 Å². The maximum absolute atomic E-state index is 11.8. The van der Waals surface area contributed by atoms with Crippen LogP contribution in [0.15, 0.2) is 24.3 Å². The molecule has 0 bridgehead atoms. The zero-order chi connectivity index (χ0) is 11.5. The number of hydrogen-bond donors (Lipinski definition) is 2. The van der Waals surface area contributed by atoms with Gasteiger partial charge in [0.2, 0.25) is 5.91 Å². The molecule has 1 aliphatic rings. The summed E-state index contributed by atoms with van der Waals surface area (Å²) in [5, 5.41) is 6.17. The van der Waals surface area contributed by atoms with Crippen molar-refractivity contribution in [3.63, 3.8) is 0 Å². The Balaban J connectivity index is 1.99. The first-order valence-corrected chi connectivity index (χ1v) is 5.75. The summed E-state index contributed by atoms with van der Waals surface area (Å²) in [6.45, 7) is 5.73. The van der Waals surface area contributed by atoms with E-state index in [1.54, 1.807) is 0 Å². The van der Waals surface area contributed by atoms with E-state index in [4.69, 9.17) is 0 Å². The van der Waals surface area contributed by atoms with Crippen molar-refractivity contribution in [1.29, 1.82) is 0 Å². The minimum atomic E-state index is 0.0919. The average molecular weight is 218 g/mol. The number of hydrogen-bond acceptors (Lipinski definition) is 2. The Morgan fingerprint density at radius 2 is 2.12 bits per heavy atom. The van der Waals surface area contributed by atoms with Crippen molar-refractivity contribution >= 4 is 5.91 Å². The summed E-state index contributed by atoms with van der Waals surface area (Å²) in [6.07, 6.45) is 0. The van der Waals surface area contributed by atoms with Crippen LogP contribution in [-0.2, 0) is 4.79 Å². The summed E-state index contributed by atoms with van der Waals surface area (Å²) < 4.78 is 0. The van der Waals surface area contributed by atoms with Crippen LogP contribution in [-0.4, -0.2) is 19.0 Å². The molecule has 0 aliphatic carbocycles. The second-order valence-corrected chi connectivity index (χ2v) is 4.44. The smallest absolute Gasteiger partial charge is 0.226 e. The van der Waals surface area contributed by atoms with Crippen LogP contribution in [0.25, 0.3) is 0 Å². The fraction of sp³-hybridized carbons (Fsp3) is 0.462. The third-order valence-electron chi connectivity index (χ3n) is 3.17. The van der Waals surface area contributed by atoms with Gasteiger partial charge in [0.15, 0.2) is 0 Å². The number of carbonyl (C=O) groups is 1. The van der Waals surface area contributed by atoms with Crippen molar-refractivity contribution in [2.45, 2.75) is 19.9 Å². The number of benzene rings is 1. The van der Waals surface area contributed by atoms with Crippen LogP contribution in [0.5, 0.6) is 0 Å². The zero-order valence-electron chi connectivity index (χ0n) is 9.79. The number of nitrogens with one attached hydrogen (secondary N) is 2. The van der Waals surface area contributed by atoms with Gasteiger partial charge in [0.1, 0.15) is 0 Å². The van der Waals surface area contributed by atoms with E-state index in [-0.39, 0.29) is 17.9 Å². The Hall–Kier alpha value is -1.35. The Bertz CT molecular complexity index is 385. The molecule has 0 saturated carbocycles. The van der Waals surface area contributed by atoms with Gasteiger partial charge in [-0.15, -0.1) is 0 Å². The average Bonchev–Trinajstić information content (AvgIpc) is 2.15. The van der Waals surface area contributed by atoms with Crippen LogP contribution < -0.4 is 10.6 Å². The second-order valence-electron chi connectivity index (χ2n) is 4.44. The van der Waals surface area contributed by atoms with E-state index in [0.717, 1.165) is 13.1 Å². The highest BCUT2D eigenvalue weighted by molar-refractivity contribution is 5.80. The normalized spacial score (nSPS) is 17.6. The number of carbonyl (C=O) groups excluding carboxylic acids is 1. The number of amides is 1. The topological polar surface area (TPSA) is 41.1 Å². The molecule has 1 amide bonds. The Morgan fingerprint density at radius 1 is 1.44 bits per heavy atom. The van der Waals surface area contributed by atoms with Gasteiger partial charge in [-0.25, -0.2) is 0 Å². The Morgan fingerprint density at radius 3 is 2.69 bits per heavy atom. The zero-order valence-corrected chi connectivity index (χ0v) is 9.79. The van der Waals surface area contributed by atoms with Crippen molar-refractivity contribution in [2.75, 3.05) is 13.1 Å². The van der Waals surface area contributed by atoms with E-state index in [2.05, 4.69) is 29.7 Å². The number of aryl methyl sites for hydroxylation is 1. The Labute approximate surface area is 96.2 Å². The van der Waals surface area contributed by atoms with Crippen molar-refractivity contribution in [2.24, 2.45) is 5.92 Å². The minimum Gasteiger partial charge on any atom is -0.349 e. The SMILES string of the molecule is Cc1ccccc1[C@H](C)NC(=O)C1CNC1. The lowest BCUT2D eigenvalue weighted by atomic mass is 9.99. The first-order valence-electron chi connectivity index (χ1n) is 5.75. The predicted molar refractivity (Wildman–Crippen MR) is 64.1 cm³/mol. The van der Waals surface area contributed by atoms with Gasteiger partial charge < -0.3 is 10.6 Å². The molecule has 1 aliphatic heterocycles. The quantitative estimate of drug-likeness (QED) is 0.805. The second kappa shape index (κ2) is 4.66.